The number of fused-ring (bicyclic) bond motifs is 1. The van der Waals surface area contributed by atoms with Crippen LogP contribution in [0.25, 0.3) is 10.9 Å². The lowest BCUT2D eigenvalue weighted by Gasteiger charge is -2.23. The molecule has 1 aromatic heterocycles. The number of carbonyl (C=O) groups excluding carboxylic acids is 1. The van der Waals surface area contributed by atoms with Gasteiger partial charge in [-0.1, -0.05) is 6.07 Å². The zero-order chi connectivity index (χ0) is 14.5. The molecule has 0 radical (unpaired) electrons. The summed E-state index contributed by atoms with van der Waals surface area (Å²) >= 11 is 0. The lowest BCUT2D eigenvalue weighted by Crippen LogP contribution is -2.44. The summed E-state index contributed by atoms with van der Waals surface area (Å²) in [6.07, 6.45) is 1.94. The second-order valence-corrected chi connectivity index (χ2v) is 5.01. The number of hydrogen-bond donors (Lipinski definition) is 2. The van der Waals surface area contributed by atoms with Gasteiger partial charge >= 0.3 is 0 Å². The lowest BCUT2D eigenvalue weighted by atomic mass is 10.1. The molecule has 0 aliphatic carbocycles. The SMILES string of the molecule is CCN(CC)C(=O)C(C)NCc1ccc2[nH]ccc2c1. The molecule has 20 heavy (non-hydrogen) atoms. The molecule has 4 nitrogen and oxygen atoms in total. The summed E-state index contributed by atoms with van der Waals surface area (Å²) < 4.78 is 0. The Balaban J connectivity index is 1.95. The van der Waals surface area contributed by atoms with Crippen LogP contribution >= 0.6 is 0 Å². The van der Waals surface area contributed by atoms with Crippen molar-refractivity contribution in [2.24, 2.45) is 0 Å². The number of nitrogens with zero attached hydrogens (tertiary/aromatic N) is 1. The minimum absolute atomic E-state index is 0.156. The third kappa shape index (κ3) is 3.20. The highest BCUT2D eigenvalue weighted by Gasteiger charge is 2.17. The molecular weight excluding hydrogens is 250 g/mol. The molecule has 1 atom stereocenters. The van der Waals surface area contributed by atoms with Crippen LogP contribution in [0, 0.1) is 0 Å². The molecule has 1 aromatic carbocycles. The number of rotatable bonds is 6. The Kier molecular flexibility index (Phi) is 4.79. The van der Waals surface area contributed by atoms with Gasteiger partial charge in [0.25, 0.3) is 0 Å². The molecule has 108 valence electrons. The van der Waals surface area contributed by atoms with Crippen LogP contribution < -0.4 is 5.32 Å². The normalized spacial score (nSPS) is 12.6. The summed E-state index contributed by atoms with van der Waals surface area (Å²) in [5.41, 5.74) is 2.33. The number of aromatic nitrogens is 1. The van der Waals surface area contributed by atoms with E-state index in [1.165, 1.54) is 10.9 Å². The molecule has 0 spiro atoms. The highest BCUT2D eigenvalue weighted by Crippen LogP contribution is 2.14. The monoisotopic (exact) mass is 273 g/mol. The first-order valence-corrected chi connectivity index (χ1v) is 7.23. The average Bonchev–Trinajstić information content (AvgIpc) is 2.93. The van der Waals surface area contributed by atoms with Gasteiger partial charge in [0.2, 0.25) is 5.91 Å². The van der Waals surface area contributed by atoms with Crippen molar-refractivity contribution in [2.45, 2.75) is 33.4 Å². The molecule has 0 saturated carbocycles. The maximum Gasteiger partial charge on any atom is 0.239 e. The summed E-state index contributed by atoms with van der Waals surface area (Å²) in [5.74, 6) is 0.165. The third-order valence-electron chi connectivity index (χ3n) is 3.68. The van der Waals surface area contributed by atoms with Crippen LogP contribution in [0.3, 0.4) is 0 Å². The number of aromatic amines is 1. The van der Waals surface area contributed by atoms with Crippen LogP contribution in [0.5, 0.6) is 0 Å². The predicted octanol–water partition coefficient (Wildman–Crippen LogP) is 2.51. The van der Waals surface area contributed by atoms with Crippen molar-refractivity contribution < 1.29 is 4.79 Å². The van der Waals surface area contributed by atoms with E-state index in [-0.39, 0.29) is 11.9 Å². The molecule has 4 heteroatoms. The molecule has 2 N–H and O–H groups in total. The first kappa shape index (κ1) is 14.6. The highest BCUT2D eigenvalue weighted by atomic mass is 16.2. The van der Waals surface area contributed by atoms with Crippen LogP contribution in [0.1, 0.15) is 26.3 Å². The molecule has 0 aliphatic heterocycles. The standard InChI is InChI=1S/C16H23N3O/c1-4-19(5-2)16(20)12(3)18-11-13-6-7-15-14(10-13)8-9-17-15/h6-10,12,17-18H,4-5,11H2,1-3H3. The fourth-order valence-corrected chi connectivity index (χ4v) is 2.38. The van der Waals surface area contributed by atoms with E-state index >= 15 is 0 Å². The van der Waals surface area contributed by atoms with E-state index in [0.29, 0.717) is 6.54 Å². The number of likely N-dealkylation sites (N-methyl/N-ethyl adjacent to an activating group) is 1. The summed E-state index contributed by atoms with van der Waals surface area (Å²) in [6, 6.07) is 8.21. The predicted molar refractivity (Wildman–Crippen MR) is 82.5 cm³/mol. The Labute approximate surface area is 120 Å². The fraction of sp³-hybridized carbons (Fsp3) is 0.438. The summed E-state index contributed by atoms with van der Waals surface area (Å²) in [7, 11) is 0. The molecule has 0 fully saturated rings. The molecule has 1 amide bonds. The smallest absolute Gasteiger partial charge is 0.239 e. The van der Waals surface area contributed by atoms with Crippen LogP contribution in [0.4, 0.5) is 0 Å². The van der Waals surface area contributed by atoms with Crippen molar-refractivity contribution in [1.29, 1.82) is 0 Å². The van der Waals surface area contributed by atoms with Gasteiger partial charge in [-0.05, 0) is 49.9 Å². The Bertz CT molecular complexity index is 572. The summed E-state index contributed by atoms with van der Waals surface area (Å²) in [4.78, 5) is 17.2. The van der Waals surface area contributed by atoms with Gasteiger partial charge in [0.1, 0.15) is 0 Å². The van der Waals surface area contributed by atoms with Crippen molar-refractivity contribution in [3.63, 3.8) is 0 Å². The fourth-order valence-electron chi connectivity index (χ4n) is 2.38. The number of hydrogen-bond acceptors (Lipinski definition) is 2. The van der Waals surface area contributed by atoms with E-state index < -0.39 is 0 Å². The van der Waals surface area contributed by atoms with Crippen molar-refractivity contribution in [1.82, 2.24) is 15.2 Å². The number of benzene rings is 1. The van der Waals surface area contributed by atoms with Crippen LogP contribution in [0.15, 0.2) is 30.5 Å². The van der Waals surface area contributed by atoms with Gasteiger partial charge in [0.15, 0.2) is 0 Å². The van der Waals surface area contributed by atoms with Gasteiger partial charge in [0.05, 0.1) is 6.04 Å². The molecule has 0 saturated heterocycles. The molecular formula is C16H23N3O. The number of amides is 1. The maximum absolute atomic E-state index is 12.2. The topological polar surface area (TPSA) is 48.1 Å². The van der Waals surface area contributed by atoms with Crippen molar-refractivity contribution >= 4 is 16.8 Å². The Morgan fingerprint density at radius 2 is 2.05 bits per heavy atom. The van der Waals surface area contributed by atoms with Crippen LogP contribution in [0.2, 0.25) is 0 Å². The van der Waals surface area contributed by atoms with Crippen molar-refractivity contribution in [3.05, 3.63) is 36.0 Å². The summed E-state index contributed by atoms with van der Waals surface area (Å²) in [5, 5.41) is 4.50. The van der Waals surface area contributed by atoms with E-state index in [2.05, 4.69) is 34.6 Å². The van der Waals surface area contributed by atoms with Gasteiger partial charge in [-0.25, -0.2) is 0 Å². The summed E-state index contributed by atoms with van der Waals surface area (Å²) in [6.45, 7) is 8.17. The zero-order valence-corrected chi connectivity index (χ0v) is 12.4. The first-order chi connectivity index (χ1) is 9.65. The molecule has 2 rings (SSSR count). The van der Waals surface area contributed by atoms with Gasteiger partial charge in [-0.2, -0.15) is 0 Å². The van der Waals surface area contributed by atoms with E-state index in [4.69, 9.17) is 0 Å². The van der Waals surface area contributed by atoms with Crippen LogP contribution in [-0.4, -0.2) is 34.9 Å². The molecule has 1 heterocycles. The number of H-pyrrole nitrogens is 1. The number of nitrogens with one attached hydrogen (secondary N) is 2. The molecule has 0 bridgehead atoms. The third-order valence-corrected chi connectivity index (χ3v) is 3.68. The minimum Gasteiger partial charge on any atom is -0.361 e. The van der Waals surface area contributed by atoms with Gasteiger partial charge in [-0.3, -0.25) is 4.79 Å². The molecule has 0 aliphatic rings. The van der Waals surface area contributed by atoms with Gasteiger partial charge in [0, 0.05) is 31.3 Å². The number of carbonyl (C=O) groups is 1. The zero-order valence-electron chi connectivity index (χ0n) is 12.4. The second kappa shape index (κ2) is 6.57. The highest BCUT2D eigenvalue weighted by molar-refractivity contribution is 5.81. The Hall–Kier alpha value is -1.81. The van der Waals surface area contributed by atoms with E-state index in [1.54, 1.807) is 0 Å². The van der Waals surface area contributed by atoms with Crippen molar-refractivity contribution in [3.8, 4) is 0 Å². The van der Waals surface area contributed by atoms with E-state index in [0.717, 1.165) is 18.6 Å². The maximum atomic E-state index is 12.2. The van der Waals surface area contributed by atoms with Crippen molar-refractivity contribution in [2.75, 3.05) is 13.1 Å². The Morgan fingerprint density at radius 1 is 1.30 bits per heavy atom. The molecule has 1 unspecified atom stereocenters. The Morgan fingerprint density at radius 3 is 2.75 bits per heavy atom. The van der Waals surface area contributed by atoms with E-state index in [1.807, 2.05) is 31.9 Å². The van der Waals surface area contributed by atoms with Gasteiger partial charge < -0.3 is 15.2 Å². The first-order valence-electron chi connectivity index (χ1n) is 7.23. The van der Waals surface area contributed by atoms with E-state index in [9.17, 15) is 4.79 Å². The lowest BCUT2D eigenvalue weighted by molar-refractivity contribution is -0.132. The second-order valence-electron chi connectivity index (χ2n) is 5.01. The van der Waals surface area contributed by atoms with Crippen LogP contribution in [-0.2, 0) is 11.3 Å². The average molecular weight is 273 g/mol. The van der Waals surface area contributed by atoms with Gasteiger partial charge in [-0.15, -0.1) is 0 Å². The quantitative estimate of drug-likeness (QED) is 0.849. The largest absolute Gasteiger partial charge is 0.361 e. The molecule has 2 aromatic rings. The minimum atomic E-state index is -0.156.